The van der Waals surface area contributed by atoms with Gasteiger partial charge in [0.1, 0.15) is 5.82 Å². The third kappa shape index (κ3) is 3.60. The molecule has 2 aromatic carbocycles. The lowest BCUT2D eigenvalue weighted by Crippen LogP contribution is -2.39. The predicted octanol–water partition coefficient (Wildman–Crippen LogP) is 3.23. The Hall–Kier alpha value is -3.07. The summed E-state index contributed by atoms with van der Waals surface area (Å²) in [4.78, 5) is 12.7. The number of methoxy groups -OCH3 is 2. The van der Waals surface area contributed by atoms with Crippen molar-refractivity contribution in [1.82, 2.24) is 5.32 Å². The van der Waals surface area contributed by atoms with Crippen molar-refractivity contribution in [1.29, 1.82) is 0 Å². The van der Waals surface area contributed by atoms with Crippen molar-refractivity contribution in [3.63, 3.8) is 0 Å². The average Bonchev–Trinajstić information content (AvgIpc) is 2.71. The molecule has 30 heavy (non-hydrogen) atoms. The number of rotatable bonds is 5. The van der Waals surface area contributed by atoms with E-state index in [1.807, 2.05) is 0 Å². The Morgan fingerprint density at radius 1 is 1.10 bits per heavy atom. The molecule has 9 heteroatoms. The molecule has 0 bridgehead atoms. The summed E-state index contributed by atoms with van der Waals surface area (Å²) in [6.45, 7) is 3.27. The van der Waals surface area contributed by atoms with Crippen LogP contribution in [0.3, 0.4) is 0 Å². The lowest BCUT2D eigenvalue weighted by Gasteiger charge is -2.31. The van der Waals surface area contributed by atoms with Crippen LogP contribution in [0, 0.1) is 5.82 Å². The Morgan fingerprint density at radius 2 is 1.67 bits per heavy atom. The third-order valence-electron chi connectivity index (χ3n) is 5.13. The number of sulfonamides is 1. The Morgan fingerprint density at radius 3 is 2.23 bits per heavy atom. The minimum absolute atomic E-state index is 0.299. The summed E-state index contributed by atoms with van der Waals surface area (Å²) < 4.78 is 51.1. The van der Waals surface area contributed by atoms with Crippen molar-refractivity contribution >= 4 is 27.2 Å². The van der Waals surface area contributed by atoms with Crippen molar-refractivity contribution in [2.75, 3.05) is 25.6 Å². The first-order valence-corrected chi connectivity index (χ1v) is 10.6. The molecule has 1 unspecified atom stereocenters. The van der Waals surface area contributed by atoms with Crippen LogP contribution in [0.5, 0.6) is 11.5 Å². The molecule has 0 saturated carbocycles. The fourth-order valence-corrected chi connectivity index (χ4v) is 4.87. The molecule has 7 nitrogen and oxygen atoms in total. The first-order chi connectivity index (χ1) is 14.1. The number of hydrogen-bond donors (Lipinski definition) is 1. The van der Waals surface area contributed by atoms with Gasteiger partial charge in [-0.15, -0.1) is 0 Å². The molecule has 1 aliphatic rings. The Kier molecular flexibility index (Phi) is 5.76. The summed E-state index contributed by atoms with van der Waals surface area (Å²) >= 11 is 0. The van der Waals surface area contributed by atoms with Crippen molar-refractivity contribution in [3.05, 3.63) is 58.2 Å². The second kappa shape index (κ2) is 7.98. The first-order valence-electron chi connectivity index (χ1n) is 9.14. The maximum Gasteiger partial charge on any atom is 0.269 e. The fourth-order valence-electron chi connectivity index (χ4n) is 3.40. The van der Waals surface area contributed by atoms with E-state index in [0.29, 0.717) is 33.9 Å². The maximum atomic E-state index is 13.2. The van der Waals surface area contributed by atoms with E-state index < -0.39 is 27.8 Å². The molecule has 0 aromatic heterocycles. The molecule has 0 aliphatic carbocycles. The zero-order valence-electron chi connectivity index (χ0n) is 17.3. The van der Waals surface area contributed by atoms with Gasteiger partial charge in [-0.05, 0) is 43.2 Å². The molecule has 1 atom stereocenters. The molecule has 1 aliphatic heterocycles. The molecule has 3 rings (SSSR count). The molecular formula is C21H23FN2O5S. The van der Waals surface area contributed by atoms with Gasteiger partial charge in [0.15, 0.2) is 16.4 Å². The predicted molar refractivity (Wildman–Crippen MR) is 112 cm³/mol. The molecule has 0 spiro atoms. The Balaban J connectivity index is 2.06. The highest BCUT2D eigenvalue weighted by molar-refractivity contribution is 7.97. The SMILES string of the molecule is COc1cc2c(cc1OC)N(C)S(=O)(=O)C(C(=O)NC(C)c1ccc(F)cc1)=C2C. The van der Waals surface area contributed by atoms with Crippen molar-refractivity contribution in [2.24, 2.45) is 0 Å². The zero-order valence-corrected chi connectivity index (χ0v) is 18.1. The van der Waals surface area contributed by atoms with Crippen LogP contribution in [0.4, 0.5) is 10.1 Å². The van der Waals surface area contributed by atoms with Gasteiger partial charge in [-0.2, -0.15) is 0 Å². The summed E-state index contributed by atoms with van der Waals surface area (Å²) in [5.41, 5.74) is 1.88. The third-order valence-corrected chi connectivity index (χ3v) is 7.05. The monoisotopic (exact) mass is 434 g/mol. The molecule has 2 aromatic rings. The molecule has 0 radical (unpaired) electrons. The number of hydrogen-bond acceptors (Lipinski definition) is 5. The van der Waals surface area contributed by atoms with E-state index in [0.717, 1.165) is 4.31 Å². The summed E-state index contributed by atoms with van der Waals surface area (Å²) in [5, 5.41) is 2.69. The van der Waals surface area contributed by atoms with Gasteiger partial charge in [0.05, 0.1) is 25.9 Å². The van der Waals surface area contributed by atoms with Gasteiger partial charge in [-0.3, -0.25) is 9.10 Å². The van der Waals surface area contributed by atoms with Crippen molar-refractivity contribution in [3.8, 4) is 11.5 Å². The van der Waals surface area contributed by atoms with E-state index >= 15 is 0 Å². The van der Waals surface area contributed by atoms with Crippen LogP contribution in [0.15, 0.2) is 41.3 Å². The molecule has 0 saturated heterocycles. The molecule has 1 amide bonds. The zero-order chi connectivity index (χ0) is 22.2. The Labute approximate surface area is 175 Å². The van der Waals surface area contributed by atoms with Crippen LogP contribution >= 0.6 is 0 Å². The van der Waals surface area contributed by atoms with Crippen LogP contribution in [-0.4, -0.2) is 35.6 Å². The average molecular weight is 434 g/mol. The topological polar surface area (TPSA) is 84.9 Å². The van der Waals surface area contributed by atoms with Gasteiger partial charge >= 0.3 is 0 Å². The number of carbonyl (C=O) groups is 1. The molecule has 160 valence electrons. The van der Waals surface area contributed by atoms with E-state index in [1.54, 1.807) is 26.0 Å². The number of nitrogens with one attached hydrogen (secondary N) is 1. The number of benzene rings is 2. The number of amides is 1. The van der Waals surface area contributed by atoms with E-state index in [-0.39, 0.29) is 4.91 Å². The van der Waals surface area contributed by atoms with E-state index in [2.05, 4.69) is 5.32 Å². The highest BCUT2D eigenvalue weighted by Gasteiger charge is 2.38. The van der Waals surface area contributed by atoms with Crippen LogP contribution in [-0.2, 0) is 14.8 Å². The van der Waals surface area contributed by atoms with Gasteiger partial charge in [0.2, 0.25) is 0 Å². The smallest absolute Gasteiger partial charge is 0.269 e. The quantitative estimate of drug-likeness (QED) is 0.781. The van der Waals surface area contributed by atoms with E-state index in [1.165, 1.54) is 45.5 Å². The second-order valence-corrected chi connectivity index (χ2v) is 8.80. The number of carbonyl (C=O) groups excluding carboxylic acids is 1. The highest BCUT2D eigenvalue weighted by Crippen LogP contribution is 2.44. The molecular weight excluding hydrogens is 411 g/mol. The number of halogens is 1. The second-order valence-electron chi connectivity index (χ2n) is 6.90. The largest absolute Gasteiger partial charge is 0.493 e. The Bertz CT molecular complexity index is 1130. The molecule has 0 fully saturated rings. The van der Waals surface area contributed by atoms with Crippen LogP contribution in [0.25, 0.3) is 5.57 Å². The number of nitrogens with zero attached hydrogens (tertiary/aromatic N) is 1. The number of anilines is 1. The summed E-state index contributed by atoms with van der Waals surface area (Å²) in [5.74, 6) is -0.337. The van der Waals surface area contributed by atoms with Gasteiger partial charge in [-0.1, -0.05) is 12.1 Å². The normalized spacial score (nSPS) is 16.0. The van der Waals surface area contributed by atoms with Crippen LogP contribution < -0.4 is 19.1 Å². The molecule has 1 N–H and O–H groups in total. The number of fused-ring (bicyclic) bond motifs is 1. The fraction of sp³-hybridized carbons (Fsp3) is 0.286. The van der Waals surface area contributed by atoms with E-state index in [9.17, 15) is 17.6 Å². The summed E-state index contributed by atoms with van der Waals surface area (Å²) in [6.07, 6.45) is 0. The maximum absolute atomic E-state index is 13.2. The lowest BCUT2D eigenvalue weighted by molar-refractivity contribution is -0.117. The van der Waals surface area contributed by atoms with Gasteiger partial charge in [-0.25, -0.2) is 12.8 Å². The van der Waals surface area contributed by atoms with Crippen LogP contribution in [0.1, 0.15) is 31.0 Å². The summed E-state index contributed by atoms with van der Waals surface area (Å²) in [6, 6.07) is 8.32. The first kappa shape index (κ1) is 21.6. The van der Waals surface area contributed by atoms with Crippen molar-refractivity contribution < 1.29 is 27.1 Å². The highest BCUT2D eigenvalue weighted by atomic mass is 32.2. The lowest BCUT2D eigenvalue weighted by atomic mass is 10.0. The minimum atomic E-state index is -4.10. The summed E-state index contributed by atoms with van der Waals surface area (Å²) in [7, 11) is 0.215. The van der Waals surface area contributed by atoms with Gasteiger partial charge in [0, 0.05) is 18.7 Å². The molecule has 1 heterocycles. The number of ether oxygens (including phenoxy) is 2. The van der Waals surface area contributed by atoms with Crippen molar-refractivity contribution in [2.45, 2.75) is 19.9 Å². The van der Waals surface area contributed by atoms with E-state index in [4.69, 9.17) is 9.47 Å². The van der Waals surface area contributed by atoms with Gasteiger partial charge in [0.25, 0.3) is 15.9 Å². The van der Waals surface area contributed by atoms with Crippen LogP contribution in [0.2, 0.25) is 0 Å². The van der Waals surface area contributed by atoms with Gasteiger partial charge < -0.3 is 14.8 Å². The standard InChI is InChI=1S/C21H23FN2O5S/c1-12-16-10-18(28-4)19(29-5)11-17(16)24(3)30(26,27)20(12)21(25)23-13(2)14-6-8-15(22)9-7-14/h6-11,13H,1-5H3,(H,23,25). The minimum Gasteiger partial charge on any atom is -0.493 e. The number of allylic oxidation sites excluding steroid dienone is 1.